The van der Waals surface area contributed by atoms with Crippen molar-refractivity contribution in [3.8, 4) is 5.75 Å². The minimum atomic E-state index is -4.73. The van der Waals surface area contributed by atoms with Crippen LogP contribution in [0.3, 0.4) is 0 Å². The SMILES string of the molecule is CC1CCCCC1.CNC(=O)c1ccc2nc(Nc3ccc(OC(F)(F)F)cc3)[nH]c2c1. The summed E-state index contributed by atoms with van der Waals surface area (Å²) in [6, 6.07) is 10.3. The molecule has 2 aromatic carbocycles. The number of benzene rings is 2. The summed E-state index contributed by atoms with van der Waals surface area (Å²) in [6.07, 6.45) is 2.71. The average molecular weight is 448 g/mol. The van der Waals surface area contributed by atoms with E-state index in [1.807, 2.05) is 0 Å². The second kappa shape index (κ2) is 10.4. The number of aromatic nitrogens is 2. The first-order valence-corrected chi connectivity index (χ1v) is 10.6. The maximum Gasteiger partial charge on any atom is 0.573 e. The normalized spacial score (nSPS) is 14.4. The van der Waals surface area contributed by atoms with Gasteiger partial charge >= 0.3 is 6.36 Å². The highest BCUT2D eigenvalue weighted by Crippen LogP contribution is 2.25. The number of rotatable bonds is 4. The molecule has 1 amide bonds. The molecule has 1 saturated carbocycles. The number of anilines is 2. The Hall–Kier alpha value is -3.23. The molecular weight excluding hydrogens is 421 g/mol. The Morgan fingerprint density at radius 3 is 2.34 bits per heavy atom. The summed E-state index contributed by atoms with van der Waals surface area (Å²) in [5.41, 5.74) is 2.31. The second-order valence-corrected chi connectivity index (χ2v) is 7.84. The lowest BCUT2D eigenvalue weighted by Gasteiger charge is -2.15. The quantitative estimate of drug-likeness (QED) is 0.447. The number of carbonyl (C=O) groups is 1. The summed E-state index contributed by atoms with van der Waals surface area (Å²) < 4.78 is 40.2. The molecule has 3 N–H and O–H groups in total. The van der Waals surface area contributed by atoms with E-state index in [4.69, 9.17) is 0 Å². The third-order valence-corrected chi connectivity index (χ3v) is 5.22. The van der Waals surface area contributed by atoms with E-state index in [0.717, 1.165) is 5.92 Å². The number of ether oxygens (including phenoxy) is 1. The summed E-state index contributed by atoms with van der Waals surface area (Å²) in [5, 5.41) is 5.48. The fraction of sp³-hybridized carbons (Fsp3) is 0.391. The topological polar surface area (TPSA) is 79.0 Å². The molecule has 0 radical (unpaired) electrons. The van der Waals surface area contributed by atoms with Crippen LogP contribution in [0.5, 0.6) is 5.75 Å². The lowest BCUT2D eigenvalue weighted by molar-refractivity contribution is -0.274. The molecular formula is C23H27F3N4O2. The number of amides is 1. The van der Waals surface area contributed by atoms with E-state index in [2.05, 4.69) is 32.3 Å². The zero-order valence-corrected chi connectivity index (χ0v) is 18.1. The monoisotopic (exact) mass is 448 g/mol. The fourth-order valence-electron chi connectivity index (χ4n) is 3.54. The molecule has 1 fully saturated rings. The second-order valence-electron chi connectivity index (χ2n) is 7.84. The van der Waals surface area contributed by atoms with E-state index in [0.29, 0.717) is 28.2 Å². The van der Waals surface area contributed by atoms with Gasteiger partial charge in [-0.1, -0.05) is 39.0 Å². The zero-order valence-electron chi connectivity index (χ0n) is 18.1. The van der Waals surface area contributed by atoms with E-state index in [9.17, 15) is 18.0 Å². The van der Waals surface area contributed by atoms with Crippen LogP contribution in [-0.2, 0) is 0 Å². The molecule has 0 unspecified atom stereocenters. The van der Waals surface area contributed by atoms with Gasteiger partial charge < -0.3 is 20.4 Å². The highest BCUT2D eigenvalue weighted by atomic mass is 19.4. The van der Waals surface area contributed by atoms with Crippen LogP contribution in [0, 0.1) is 5.92 Å². The van der Waals surface area contributed by atoms with Crippen molar-refractivity contribution in [2.24, 2.45) is 5.92 Å². The Balaban J connectivity index is 0.000000352. The molecule has 172 valence electrons. The number of carbonyl (C=O) groups excluding carboxylic acids is 1. The van der Waals surface area contributed by atoms with Crippen LogP contribution < -0.4 is 15.4 Å². The summed E-state index contributed by atoms with van der Waals surface area (Å²) in [7, 11) is 1.54. The summed E-state index contributed by atoms with van der Waals surface area (Å²) in [6.45, 7) is 2.36. The van der Waals surface area contributed by atoms with Gasteiger partial charge in [0.25, 0.3) is 5.91 Å². The number of H-pyrrole nitrogens is 1. The lowest BCUT2D eigenvalue weighted by atomic mass is 9.91. The van der Waals surface area contributed by atoms with Crippen LogP contribution in [0.4, 0.5) is 24.8 Å². The molecule has 9 heteroatoms. The lowest BCUT2D eigenvalue weighted by Crippen LogP contribution is -2.17. The number of alkyl halides is 3. The van der Waals surface area contributed by atoms with E-state index < -0.39 is 6.36 Å². The van der Waals surface area contributed by atoms with E-state index >= 15 is 0 Å². The van der Waals surface area contributed by atoms with Crippen LogP contribution in [0.2, 0.25) is 0 Å². The number of imidazole rings is 1. The molecule has 0 saturated heterocycles. The van der Waals surface area contributed by atoms with Gasteiger partial charge in [0.05, 0.1) is 11.0 Å². The predicted octanol–water partition coefficient (Wildman–Crippen LogP) is 6.15. The number of fused-ring (bicyclic) bond motifs is 1. The van der Waals surface area contributed by atoms with Gasteiger partial charge in [0.15, 0.2) is 0 Å². The molecule has 4 rings (SSSR count). The predicted molar refractivity (Wildman–Crippen MR) is 118 cm³/mol. The Morgan fingerprint density at radius 1 is 1.09 bits per heavy atom. The third-order valence-electron chi connectivity index (χ3n) is 5.22. The van der Waals surface area contributed by atoms with Gasteiger partial charge in [-0.25, -0.2) is 4.98 Å². The molecule has 0 aliphatic heterocycles. The van der Waals surface area contributed by atoms with Crippen LogP contribution in [-0.4, -0.2) is 29.3 Å². The molecule has 0 bridgehead atoms. The van der Waals surface area contributed by atoms with Crippen molar-refractivity contribution in [2.45, 2.75) is 45.4 Å². The Morgan fingerprint density at radius 2 is 1.78 bits per heavy atom. The number of hydrogen-bond donors (Lipinski definition) is 3. The number of hydrogen-bond acceptors (Lipinski definition) is 4. The van der Waals surface area contributed by atoms with Crippen LogP contribution in [0.1, 0.15) is 49.4 Å². The van der Waals surface area contributed by atoms with E-state index in [-0.39, 0.29) is 11.7 Å². The standard InChI is InChI=1S/C16H13F3N4O2.C7H14/c1-20-14(24)9-2-7-12-13(8-9)23-15(22-12)21-10-3-5-11(6-4-10)25-16(17,18)19;1-7-5-3-2-4-6-7/h2-8H,1H3,(H,20,24)(H2,21,22,23);7H,2-6H2,1H3. The minimum absolute atomic E-state index is 0.216. The number of nitrogens with one attached hydrogen (secondary N) is 3. The van der Waals surface area contributed by atoms with Crippen LogP contribution >= 0.6 is 0 Å². The minimum Gasteiger partial charge on any atom is -0.406 e. The molecule has 1 aliphatic carbocycles. The molecule has 1 aliphatic rings. The molecule has 1 aromatic heterocycles. The first-order chi connectivity index (χ1) is 15.2. The number of nitrogens with zero attached hydrogens (tertiary/aromatic N) is 1. The smallest absolute Gasteiger partial charge is 0.406 e. The first kappa shape index (κ1) is 23.4. The third kappa shape index (κ3) is 6.90. The van der Waals surface area contributed by atoms with Crippen molar-refractivity contribution in [1.29, 1.82) is 0 Å². The summed E-state index contributed by atoms with van der Waals surface area (Å²) >= 11 is 0. The van der Waals surface area contributed by atoms with E-state index in [1.54, 1.807) is 25.2 Å². The Kier molecular flexibility index (Phi) is 7.61. The van der Waals surface area contributed by atoms with Crippen molar-refractivity contribution < 1.29 is 22.7 Å². The van der Waals surface area contributed by atoms with Gasteiger partial charge in [-0.15, -0.1) is 13.2 Å². The van der Waals surface area contributed by atoms with Crippen molar-refractivity contribution in [2.75, 3.05) is 12.4 Å². The summed E-state index contributed by atoms with van der Waals surface area (Å²) in [5.74, 6) is 0.909. The van der Waals surface area contributed by atoms with E-state index in [1.165, 1.54) is 56.4 Å². The molecule has 0 spiro atoms. The Labute approximate surface area is 184 Å². The van der Waals surface area contributed by atoms with Gasteiger partial charge in [-0.05, 0) is 48.4 Å². The van der Waals surface area contributed by atoms with Crippen LogP contribution in [0.15, 0.2) is 42.5 Å². The number of aromatic amines is 1. The number of halogens is 3. The molecule has 3 aromatic rings. The van der Waals surface area contributed by atoms with Crippen molar-refractivity contribution in [1.82, 2.24) is 15.3 Å². The maximum atomic E-state index is 12.1. The van der Waals surface area contributed by atoms with Gasteiger partial charge in [0.2, 0.25) is 5.95 Å². The van der Waals surface area contributed by atoms with Crippen molar-refractivity contribution in [3.05, 3.63) is 48.0 Å². The average Bonchev–Trinajstić information content (AvgIpc) is 3.16. The van der Waals surface area contributed by atoms with Crippen LogP contribution in [0.25, 0.3) is 11.0 Å². The molecule has 0 atom stereocenters. The first-order valence-electron chi connectivity index (χ1n) is 10.6. The maximum absolute atomic E-state index is 12.1. The van der Waals surface area contributed by atoms with Gasteiger partial charge in [-0.3, -0.25) is 4.79 Å². The van der Waals surface area contributed by atoms with Gasteiger partial charge in [0.1, 0.15) is 5.75 Å². The molecule has 32 heavy (non-hydrogen) atoms. The Bertz CT molecular complexity index is 1030. The largest absolute Gasteiger partial charge is 0.573 e. The zero-order chi connectivity index (χ0) is 23.1. The molecule has 1 heterocycles. The van der Waals surface area contributed by atoms with Gasteiger partial charge in [-0.2, -0.15) is 0 Å². The highest BCUT2D eigenvalue weighted by molar-refractivity contribution is 5.97. The molecule has 6 nitrogen and oxygen atoms in total. The highest BCUT2D eigenvalue weighted by Gasteiger charge is 2.30. The fourth-order valence-corrected chi connectivity index (χ4v) is 3.54. The van der Waals surface area contributed by atoms with Gasteiger partial charge in [0, 0.05) is 18.3 Å². The van der Waals surface area contributed by atoms with Crippen molar-refractivity contribution >= 4 is 28.6 Å². The summed E-state index contributed by atoms with van der Waals surface area (Å²) in [4.78, 5) is 18.9. The van der Waals surface area contributed by atoms with Crippen molar-refractivity contribution in [3.63, 3.8) is 0 Å².